The second-order valence-electron chi connectivity index (χ2n) is 17.3. The van der Waals surface area contributed by atoms with Crippen molar-refractivity contribution in [2.45, 2.75) is 262 Å². The fourth-order valence-electron chi connectivity index (χ4n) is 7.64. The van der Waals surface area contributed by atoms with Crippen molar-refractivity contribution in [1.82, 2.24) is 0 Å². The molecule has 0 heterocycles. The zero-order valence-corrected chi connectivity index (χ0v) is 39.1. The van der Waals surface area contributed by atoms with E-state index in [4.69, 9.17) is 18.5 Å². The Labute approximate surface area is 369 Å². The minimum atomic E-state index is -5.12. The third-order valence-corrected chi connectivity index (χ3v) is 12.6. The van der Waals surface area contributed by atoms with E-state index in [0.717, 1.165) is 57.8 Å². The number of rotatable bonds is 41. The van der Waals surface area contributed by atoms with Gasteiger partial charge in [-0.15, -0.1) is 0 Å². The van der Waals surface area contributed by atoms with Crippen LogP contribution < -0.4 is 0 Å². The first-order valence-electron chi connectivity index (χ1n) is 24.5. The molecule has 0 aromatic carbocycles. The van der Waals surface area contributed by atoms with Crippen molar-refractivity contribution >= 4 is 19.8 Å². The number of aliphatic hydroxyl groups is 5. The molecule has 0 amide bonds. The molecule has 1 aliphatic rings. The van der Waals surface area contributed by atoms with Gasteiger partial charge in [0.05, 0.1) is 6.61 Å². The number of unbranched alkanes of at least 4 members (excludes halogenated alkanes) is 27. The third kappa shape index (κ3) is 30.4. The fraction of sp³-hybridized carbons (Fsp3) is 0.915. The Morgan fingerprint density at radius 3 is 1.25 bits per heavy atom. The molecule has 1 saturated carbocycles. The molecule has 360 valence electrons. The molecule has 0 aromatic heterocycles. The van der Waals surface area contributed by atoms with Gasteiger partial charge in [0, 0.05) is 12.8 Å². The van der Waals surface area contributed by atoms with Crippen molar-refractivity contribution in [2.24, 2.45) is 0 Å². The molecule has 1 aliphatic carbocycles. The van der Waals surface area contributed by atoms with E-state index < -0.39 is 75.7 Å². The zero-order chi connectivity index (χ0) is 45.0. The van der Waals surface area contributed by atoms with E-state index in [1.54, 1.807) is 0 Å². The molecule has 61 heavy (non-hydrogen) atoms. The van der Waals surface area contributed by atoms with E-state index in [2.05, 4.69) is 26.0 Å². The minimum Gasteiger partial charge on any atom is -0.462 e. The monoisotopic (exact) mass is 893 g/mol. The minimum absolute atomic E-state index is 0.101. The number of phosphoric acid groups is 1. The van der Waals surface area contributed by atoms with Crippen molar-refractivity contribution in [2.75, 3.05) is 13.2 Å². The van der Waals surface area contributed by atoms with E-state index in [1.165, 1.54) is 122 Å². The van der Waals surface area contributed by atoms with Crippen molar-refractivity contribution in [3.63, 3.8) is 0 Å². The highest BCUT2D eigenvalue weighted by molar-refractivity contribution is 7.47. The molecule has 14 heteroatoms. The molecule has 0 bridgehead atoms. The van der Waals surface area contributed by atoms with E-state index >= 15 is 0 Å². The summed E-state index contributed by atoms with van der Waals surface area (Å²) in [6.07, 6.45) is 26.9. The van der Waals surface area contributed by atoms with E-state index in [0.29, 0.717) is 12.8 Å². The average molecular weight is 893 g/mol. The molecule has 6 unspecified atom stereocenters. The number of phosphoric ester groups is 1. The van der Waals surface area contributed by atoms with Gasteiger partial charge in [-0.25, -0.2) is 4.57 Å². The first-order valence-corrected chi connectivity index (χ1v) is 26.0. The molecule has 0 spiro atoms. The third-order valence-electron chi connectivity index (χ3n) is 11.6. The summed E-state index contributed by atoms with van der Waals surface area (Å²) >= 11 is 0. The summed E-state index contributed by atoms with van der Waals surface area (Å²) in [6, 6.07) is 0. The lowest BCUT2D eigenvalue weighted by atomic mass is 9.85. The molecule has 6 N–H and O–H groups in total. The summed E-state index contributed by atoms with van der Waals surface area (Å²) < 4.78 is 33.6. The van der Waals surface area contributed by atoms with Crippen LogP contribution in [-0.4, -0.2) is 98.3 Å². The molecule has 0 radical (unpaired) electrons. The lowest BCUT2D eigenvalue weighted by molar-refractivity contribution is -0.220. The zero-order valence-electron chi connectivity index (χ0n) is 38.2. The van der Waals surface area contributed by atoms with Crippen molar-refractivity contribution in [3.8, 4) is 0 Å². The predicted octanol–water partition coefficient (Wildman–Crippen LogP) is 9.84. The van der Waals surface area contributed by atoms with Crippen LogP contribution in [0.1, 0.15) is 219 Å². The molecule has 8 atom stereocenters. The van der Waals surface area contributed by atoms with Crippen LogP contribution in [-0.2, 0) is 32.7 Å². The summed E-state index contributed by atoms with van der Waals surface area (Å²) in [5, 5.41) is 50.2. The van der Waals surface area contributed by atoms with Crippen LogP contribution in [0.5, 0.6) is 0 Å². The number of aliphatic hydroxyl groups excluding tert-OH is 5. The topological polar surface area (TPSA) is 210 Å². The Morgan fingerprint density at radius 2 is 0.836 bits per heavy atom. The average Bonchev–Trinajstić information content (AvgIpc) is 3.24. The Hall–Kier alpha value is -1.41. The highest BCUT2D eigenvalue weighted by Gasteiger charge is 2.51. The van der Waals surface area contributed by atoms with E-state index in [-0.39, 0.29) is 12.8 Å². The van der Waals surface area contributed by atoms with Crippen LogP contribution in [0.2, 0.25) is 0 Å². The molecule has 0 aromatic rings. The number of carbonyl (C=O) groups excluding carboxylic acids is 2. The molecule has 13 nitrogen and oxygen atoms in total. The van der Waals surface area contributed by atoms with Gasteiger partial charge in [0.15, 0.2) is 6.10 Å². The number of ether oxygens (including phenoxy) is 2. The van der Waals surface area contributed by atoms with Crippen molar-refractivity contribution < 1.29 is 63.1 Å². The van der Waals surface area contributed by atoms with Gasteiger partial charge < -0.3 is 39.9 Å². The van der Waals surface area contributed by atoms with Gasteiger partial charge in [0.2, 0.25) is 0 Å². The lowest BCUT2D eigenvalue weighted by Crippen LogP contribution is -2.64. The van der Waals surface area contributed by atoms with Gasteiger partial charge in [-0.3, -0.25) is 18.6 Å². The van der Waals surface area contributed by atoms with Crippen LogP contribution in [0, 0.1) is 0 Å². The van der Waals surface area contributed by atoms with Crippen LogP contribution in [0.25, 0.3) is 0 Å². The Balaban J connectivity index is 2.42. The highest BCUT2D eigenvalue weighted by Crippen LogP contribution is 2.47. The van der Waals surface area contributed by atoms with Gasteiger partial charge >= 0.3 is 19.8 Å². The van der Waals surface area contributed by atoms with Crippen molar-refractivity contribution in [3.05, 3.63) is 12.2 Å². The maximum Gasteiger partial charge on any atom is 0.472 e. The lowest BCUT2D eigenvalue weighted by Gasteiger charge is -2.41. The molecule has 0 saturated heterocycles. The standard InChI is InChI=1S/C47H89O13P/c1-3-5-7-9-11-13-15-17-19-20-22-24-26-28-30-32-34-36-41(49)59-39(38-58-61(55,56)60-47-45(53)43(51)42(50)44(52)46(47)54)37-57-40(48)35-33-31-29-27-25-23-21-18-16-14-12-10-8-6-4-2/h18,21,39,42-47,50-54H,3-17,19-20,22-38H2,1-2H3,(H,55,56)/b21-18+/t39-,42?,43+,44?,45?,46?,47?/m1/s1. The SMILES string of the molecule is CCCCCCCC/C=C/CCCCCCCC(=O)OC[C@H](COP(=O)(O)OC1C(O)C(O)C(O)[C@H](O)C1O)OC(=O)CCCCCCCCCCCCCCCCCCC. The second-order valence-corrected chi connectivity index (χ2v) is 18.7. The largest absolute Gasteiger partial charge is 0.472 e. The second kappa shape index (κ2) is 37.9. The van der Waals surface area contributed by atoms with E-state index in [9.17, 15) is 44.6 Å². The smallest absolute Gasteiger partial charge is 0.462 e. The summed E-state index contributed by atoms with van der Waals surface area (Å²) in [7, 11) is -5.12. The summed E-state index contributed by atoms with van der Waals surface area (Å²) in [5.41, 5.74) is 0. The van der Waals surface area contributed by atoms with Crippen molar-refractivity contribution in [1.29, 1.82) is 0 Å². The number of hydrogen-bond donors (Lipinski definition) is 6. The van der Waals surface area contributed by atoms with Gasteiger partial charge in [-0.1, -0.05) is 180 Å². The fourth-order valence-corrected chi connectivity index (χ4v) is 8.61. The molecule has 1 rings (SSSR count). The van der Waals surface area contributed by atoms with E-state index in [1.807, 2.05) is 0 Å². The van der Waals surface area contributed by atoms with Crippen LogP contribution in [0.3, 0.4) is 0 Å². The Kier molecular flexibility index (Phi) is 35.8. The Morgan fingerprint density at radius 1 is 0.492 bits per heavy atom. The first kappa shape index (κ1) is 57.6. The van der Waals surface area contributed by atoms with Crippen LogP contribution >= 0.6 is 7.82 Å². The number of carbonyl (C=O) groups is 2. The summed E-state index contributed by atoms with van der Waals surface area (Å²) in [5.74, 6) is -1.10. The van der Waals surface area contributed by atoms with Crippen LogP contribution in [0.15, 0.2) is 12.2 Å². The number of hydrogen-bond acceptors (Lipinski definition) is 12. The number of esters is 2. The quantitative estimate of drug-likeness (QED) is 0.0146. The van der Waals surface area contributed by atoms with Gasteiger partial charge in [0.25, 0.3) is 0 Å². The predicted molar refractivity (Wildman–Crippen MR) is 240 cm³/mol. The van der Waals surface area contributed by atoms with Gasteiger partial charge in [-0.05, 0) is 38.5 Å². The molecule has 1 fully saturated rings. The maximum absolute atomic E-state index is 12.8. The maximum atomic E-state index is 12.8. The summed E-state index contributed by atoms with van der Waals surface area (Å²) in [6.45, 7) is 3.31. The number of allylic oxidation sites excluding steroid dienone is 2. The molecular formula is C47H89O13P. The van der Waals surface area contributed by atoms with Gasteiger partial charge in [-0.2, -0.15) is 0 Å². The normalized spacial score (nSPS) is 22.0. The molecular weight excluding hydrogens is 803 g/mol. The van der Waals surface area contributed by atoms with Gasteiger partial charge in [0.1, 0.15) is 43.2 Å². The molecule has 0 aliphatic heterocycles. The Bertz CT molecular complexity index is 1120. The summed E-state index contributed by atoms with van der Waals surface area (Å²) in [4.78, 5) is 35.7. The highest BCUT2D eigenvalue weighted by atomic mass is 31.2. The first-order chi connectivity index (χ1) is 29.4. The van der Waals surface area contributed by atoms with Crippen LogP contribution in [0.4, 0.5) is 0 Å².